The van der Waals surface area contributed by atoms with Crippen LogP contribution in [0.4, 0.5) is 22.0 Å². The van der Waals surface area contributed by atoms with E-state index in [9.17, 15) is 22.0 Å². The molecule has 1 aromatic rings. The van der Waals surface area contributed by atoms with E-state index in [4.69, 9.17) is 0 Å². The Balaban J connectivity index is 1.92. The van der Waals surface area contributed by atoms with E-state index in [0.29, 0.717) is 18.7 Å². The van der Waals surface area contributed by atoms with E-state index < -0.39 is 23.7 Å². The molecule has 3 atom stereocenters. The lowest BCUT2D eigenvalue weighted by Crippen LogP contribution is -2.58. The van der Waals surface area contributed by atoms with Crippen LogP contribution < -0.4 is 5.32 Å². The zero-order valence-electron chi connectivity index (χ0n) is 14.3. The Bertz CT molecular complexity index is 613. The number of alkyl halides is 4. The van der Waals surface area contributed by atoms with Gasteiger partial charge in [-0.05, 0) is 31.4 Å². The average molecular weight is 362 g/mol. The molecule has 1 heterocycles. The summed E-state index contributed by atoms with van der Waals surface area (Å²) in [6, 6.07) is 3.53. The first-order valence-corrected chi connectivity index (χ1v) is 8.62. The fourth-order valence-corrected chi connectivity index (χ4v) is 4.01. The van der Waals surface area contributed by atoms with Crippen molar-refractivity contribution in [3.8, 4) is 0 Å². The summed E-state index contributed by atoms with van der Waals surface area (Å²) in [6.45, 7) is 5.35. The molecule has 0 amide bonds. The molecule has 0 aromatic heterocycles. The van der Waals surface area contributed by atoms with Crippen molar-refractivity contribution in [3.63, 3.8) is 0 Å². The van der Waals surface area contributed by atoms with Crippen molar-refractivity contribution in [1.82, 2.24) is 10.2 Å². The number of hydrogen-bond acceptors (Lipinski definition) is 2. The number of halogens is 5. The van der Waals surface area contributed by atoms with E-state index in [2.05, 4.69) is 10.2 Å². The Labute approximate surface area is 144 Å². The smallest absolute Gasteiger partial charge is 0.266 e. The van der Waals surface area contributed by atoms with Gasteiger partial charge in [0.25, 0.3) is 6.43 Å². The highest BCUT2D eigenvalue weighted by molar-refractivity contribution is 5.29. The van der Waals surface area contributed by atoms with Crippen LogP contribution in [0.1, 0.15) is 50.3 Å². The fraction of sp³-hybridized carbons (Fsp3) is 0.667. The molecule has 7 heteroatoms. The van der Waals surface area contributed by atoms with Crippen LogP contribution in [0.3, 0.4) is 0 Å². The number of rotatable bonds is 4. The van der Waals surface area contributed by atoms with E-state index >= 15 is 0 Å². The summed E-state index contributed by atoms with van der Waals surface area (Å²) in [5.74, 6) is -3.97. The topological polar surface area (TPSA) is 15.3 Å². The van der Waals surface area contributed by atoms with Crippen LogP contribution in [0, 0.1) is 11.7 Å². The maximum absolute atomic E-state index is 14.1. The highest BCUT2D eigenvalue weighted by atomic mass is 19.3. The largest absolute Gasteiger partial charge is 0.311 e. The second kappa shape index (κ2) is 6.83. The number of nitrogens with one attached hydrogen (secondary N) is 1. The predicted octanol–water partition coefficient (Wildman–Crippen LogP) is 4.53. The molecule has 1 aliphatic heterocycles. The van der Waals surface area contributed by atoms with Gasteiger partial charge in [0.2, 0.25) is 5.92 Å². The zero-order chi connectivity index (χ0) is 18.4. The van der Waals surface area contributed by atoms with Gasteiger partial charge in [-0.25, -0.2) is 22.0 Å². The summed E-state index contributed by atoms with van der Waals surface area (Å²) in [6.07, 6.45) is -3.39. The van der Waals surface area contributed by atoms with Gasteiger partial charge in [0, 0.05) is 44.1 Å². The third kappa shape index (κ3) is 3.82. The van der Waals surface area contributed by atoms with Crippen molar-refractivity contribution < 1.29 is 22.0 Å². The molecule has 0 spiro atoms. The zero-order valence-corrected chi connectivity index (χ0v) is 14.3. The third-order valence-electron chi connectivity index (χ3n) is 5.34. The average Bonchev–Trinajstić information content (AvgIpc) is 2.49. The van der Waals surface area contributed by atoms with Crippen molar-refractivity contribution in [2.75, 3.05) is 13.1 Å². The number of nitrogens with zero attached hydrogens (tertiary/aromatic N) is 1. The van der Waals surface area contributed by atoms with Gasteiger partial charge in [0.05, 0.1) is 5.56 Å². The lowest BCUT2D eigenvalue weighted by Gasteiger charge is -2.49. The van der Waals surface area contributed by atoms with Crippen molar-refractivity contribution in [1.29, 1.82) is 0 Å². The number of piperazine rings is 1. The highest BCUT2D eigenvalue weighted by Gasteiger charge is 2.51. The second-order valence-corrected chi connectivity index (χ2v) is 7.41. The molecule has 2 fully saturated rings. The van der Waals surface area contributed by atoms with Crippen molar-refractivity contribution in [3.05, 3.63) is 35.1 Å². The molecule has 25 heavy (non-hydrogen) atoms. The normalized spacial score (nSPS) is 28.8. The third-order valence-corrected chi connectivity index (χ3v) is 5.34. The number of hydrogen-bond donors (Lipinski definition) is 1. The van der Waals surface area contributed by atoms with Gasteiger partial charge in [-0.2, -0.15) is 0 Å². The minimum atomic E-state index is -2.89. The van der Waals surface area contributed by atoms with Gasteiger partial charge in [0.1, 0.15) is 5.82 Å². The quantitative estimate of drug-likeness (QED) is 0.792. The van der Waals surface area contributed by atoms with Crippen LogP contribution in [0.15, 0.2) is 18.2 Å². The minimum absolute atomic E-state index is 0.0910. The maximum Gasteiger partial charge on any atom is 0.266 e. The standard InChI is InChI=1S/C18H23F5N2/c1-10-9-25(11(2)8-24-10)16(13-6-18(22,23)7-13)12-3-4-14(17(20)21)15(19)5-12/h3-5,10-11,13,16-17,24H,6-9H2,1-2H3/t10-,11+,16?/m0/s1. The number of benzene rings is 1. The molecule has 1 saturated carbocycles. The monoisotopic (exact) mass is 362 g/mol. The lowest BCUT2D eigenvalue weighted by molar-refractivity contribution is -0.137. The predicted molar refractivity (Wildman–Crippen MR) is 85.4 cm³/mol. The van der Waals surface area contributed by atoms with Gasteiger partial charge in [-0.1, -0.05) is 12.1 Å². The molecule has 1 unspecified atom stereocenters. The van der Waals surface area contributed by atoms with Crippen LogP contribution in [-0.4, -0.2) is 36.0 Å². The first-order valence-electron chi connectivity index (χ1n) is 8.62. The summed E-state index contributed by atoms with van der Waals surface area (Å²) >= 11 is 0. The van der Waals surface area contributed by atoms with Gasteiger partial charge in [-0.15, -0.1) is 0 Å². The van der Waals surface area contributed by atoms with Crippen molar-refractivity contribution >= 4 is 0 Å². The first-order chi connectivity index (χ1) is 11.7. The molecule has 0 radical (unpaired) electrons. The van der Waals surface area contributed by atoms with Crippen LogP contribution in [0.5, 0.6) is 0 Å². The van der Waals surface area contributed by atoms with E-state index in [1.807, 2.05) is 13.8 Å². The summed E-state index contributed by atoms with van der Waals surface area (Å²) in [5, 5.41) is 3.33. The van der Waals surface area contributed by atoms with E-state index in [1.54, 1.807) is 0 Å². The Kier molecular flexibility index (Phi) is 5.08. The molecule has 1 N–H and O–H groups in total. The molecule has 2 aliphatic rings. The molecule has 1 aliphatic carbocycles. The van der Waals surface area contributed by atoms with Crippen molar-refractivity contribution in [2.24, 2.45) is 5.92 Å². The van der Waals surface area contributed by atoms with Crippen LogP contribution >= 0.6 is 0 Å². The van der Waals surface area contributed by atoms with Gasteiger partial charge < -0.3 is 5.32 Å². The highest BCUT2D eigenvalue weighted by Crippen LogP contribution is 2.51. The van der Waals surface area contributed by atoms with Gasteiger partial charge in [0.15, 0.2) is 0 Å². The van der Waals surface area contributed by atoms with Crippen molar-refractivity contribution in [2.45, 2.75) is 57.2 Å². The van der Waals surface area contributed by atoms with Gasteiger partial charge in [-0.3, -0.25) is 4.90 Å². The molecule has 140 valence electrons. The summed E-state index contributed by atoms with van der Waals surface area (Å²) in [5.41, 5.74) is -0.147. The minimum Gasteiger partial charge on any atom is -0.311 e. The van der Waals surface area contributed by atoms with Crippen LogP contribution in [0.25, 0.3) is 0 Å². The molecule has 0 bridgehead atoms. The van der Waals surface area contributed by atoms with Gasteiger partial charge >= 0.3 is 0 Å². The fourth-order valence-electron chi connectivity index (χ4n) is 4.01. The van der Waals surface area contributed by atoms with Crippen LogP contribution in [-0.2, 0) is 0 Å². The van der Waals surface area contributed by atoms with E-state index in [1.165, 1.54) is 6.07 Å². The van der Waals surface area contributed by atoms with E-state index in [-0.39, 0.29) is 36.9 Å². The van der Waals surface area contributed by atoms with E-state index in [0.717, 1.165) is 12.1 Å². The molecule has 1 aromatic carbocycles. The Hall–Kier alpha value is -1.21. The molecule has 1 saturated heterocycles. The molecular formula is C18H23F5N2. The summed E-state index contributed by atoms with van der Waals surface area (Å²) in [7, 11) is 0. The Morgan fingerprint density at radius 2 is 1.88 bits per heavy atom. The second-order valence-electron chi connectivity index (χ2n) is 7.41. The Morgan fingerprint density at radius 1 is 1.20 bits per heavy atom. The summed E-state index contributed by atoms with van der Waals surface area (Å²) in [4.78, 5) is 2.11. The maximum atomic E-state index is 14.1. The molecule has 2 nitrogen and oxygen atoms in total. The molecular weight excluding hydrogens is 339 g/mol. The SMILES string of the molecule is C[C@@H]1CN[C@@H](C)CN1C(c1ccc(C(F)F)c(F)c1)C1CC(F)(F)C1. The Morgan fingerprint density at radius 3 is 2.44 bits per heavy atom. The first kappa shape index (κ1) is 18.6. The molecule has 3 rings (SSSR count). The lowest BCUT2D eigenvalue weighted by atomic mass is 9.73. The van der Waals surface area contributed by atoms with Crippen LogP contribution in [0.2, 0.25) is 0 Å². The summed E-state index contributed by atoms with van der Waals surface area (Å²) < 4.78 is 66.6.